The normalized spacial score (nSPS) is 12.3. The summed E-state index contributed by atoms with van der Waals surface area (Å²) in [5, 5.41) is 8.51. The van der Waals surface area contributed by atoms with E-state index >= 15 is 0 Å². The smallest absolute Gasteiger partial charge is 0.304 e. The molecule has 0 aliphatic carbocycles. The lowest BCUT2D eigenvalue weighted by atomic mass is 10.4. The highest BCUT2D eigenvalue weighted by molar-refractivity contribution is 7.87. The van der Waals surface area contributed by atoms with Gasteiger partial charge >= 0.3 is 5.97 Å². The SMILES string of the molecule is CCN(CC)CCCNS(=O)(=O)N(C)CCC(=O)O. The minimum Gasteiger partial charge on any atom is -0.481 e. The van der Waals surface area contributed by atoms with E-state index in [2.05, 4.69) is 23.5 Å². The van der Waals surface area contributed by atoms with Crippen LogP contribution >= 0.6 is 0 Å². The fourth-order valence-electron chi connectivity index (χ4n) is 1.53. The van der Waals surface area contributed by atoms with Gasteiger partial charge in [0.05, 0.1) is 6.42 Å². The van der Waals surface area contributed by atoms with Crippen LogP contribution in [0.4, 0.5) is 0 Å². The third-order valence-corrected chi connectivity index (χ3v) is 4.45. The van der Waals surface area contributed by atoms with Crippen LogP contribution in [0.15, 0.2) is 0 Å². The monoisotopic (exact) mass is 295 g/mol. The second kappa shape index (κ2) is 9.24. The zero-order valence-corrected chi connectivity index (χ0v) is 12.7. The van der Waals surface area contributed by atoms with Gasteiger partial charge in [-0.25, -0.2) is 4.72 Å². The lowest BCUT2D eigenvalue weighted by Crippen LogP contribution is -2.40. The molecular weight excluding hydrogens is 270 g/mol. The molecule has 0 fully saturated rings. The number of nitrogens with zero attached hydrogens (tertiary/aromatic N) is 2. The van der Waals surface area contributed by atoms with Crippen molar-refractivity contribution in [1.82, 2.24) is 13.9 Å². The maximum absolute atomic E-state index is 11.7. The molecule has 0 unspecified atom stereocenters. The Morgan fingerprint density at radius 2 is 1.79 bits per heavy atom. The third-order valence-electron chi connectivity index (χ3n) is 2.88. The van der Waals surface area contributed by atoms with Gasteiger partial charge in [0, 0.05) is 20.1 Å². The second-order valence-electron chi connectivity index (χ2n) is 4.25. The molecule has 114 valence electrons. The van der Waals surface area contributed by atoms with Gasteiger partial charge in [0.15, 0.2) is 0 Å². The zero-order valence-electron chi connectivity index (χ0n) is 11.9. The van der Waals surface area contributed by atoms with E-state index in [0.29, 0.717) is 6.54 Å². The number of hydrogen-bond donors (Lipinski definition) is 2. The maximum Gasteiger partial charge on any atom is 0.304 e. The molecule has 0 aromatic carbocycles. The molecule has 7 nitrogen and oxygen atoms in total. The first-order valence-corrected chi connectivity index (χ1v) is 7.92. The minimum absolute atomic E-state index is 0.0271. The predicted octanol–water partition coefficient (Wildman–Crippen LogP) is -0.0408. The molecule has 2 N–H and O–H groups in total. The quantitative estimate of drug-likeness (QED) is 0.522. The van der Waals surface area contributed by atoms with E-state index < -0.39 is 16.2 Å². The van der Waals surface area contributed by atoms with Crippen molar-refractivity contribution < 1.29 is 18.3 Å². The Bertz CT molecular complexity index is 355. The van der Waals surface area contributed by atoms with E-state index in [1.54, 1.807) is 0 Å². The Morgan fingerprint density at radius 1 is 1.21 bits per heavy atom. The van der Waals surface area contributed by atoms with E-state index in [1.807, 2.05) is 0 Å². The minimum atomic E-state index is -3.57. The summed E-state index contributed by atoms with van der Waals surface area (Å²) in [6.45, 7) is 7.19. The van der Waals surface area contributed by atoms with Gasteiger partial charge in [-0.1, -0.05) is 13.8 Å². The molecule has 0 aliphatic rings. The summed E-state index contributed by atoms with van der Waals surface area (Å²) in [5.41, 5.74) is 0. The van der Waals surface area contributed by atoms with Crippen LogP contribution in [-0.4, -0.2) is 68.5 Å². The average molecular weight is 295 g/mol. The lowest BCUT2D eigenvalue weighted by molar-refractivity contribution is -0.137. The van der Waals surface area contributed by atoms with Crippen LogP contribution in [0.1, 0.15) is 26.7 Å². The molecule has 0 atom stereocenters. The molecule has 0 aromatic heterocycles. The largest absolute Gasteiger partial charge is 0.481 e. The fraction of sp³-hybridized carbons (Fsp3) is 0.909. The van der Waals surface area contributed by atoms with Crippen molar-refractivity contribution in [1.29, 1.82) is 0 Å². The van der Waals surface area contributed by atoms with Gasteiger partial charge in [0.2, 0.25) is 0 Å². The molecule has 19 heavy (non-hydrogen) atoms. The molecular formula is C11H25N3O4S. The zero-order chi connectivity index (χ0) is 14.9. The summed E-state index contributed by atoms with van der Waals surface area (Å²) in [4.78, 5) is 12.6. The molecule has 0 saturated carbocycles. The topological polar surface area (TPSA) is 90.0 Å². The van der Waals surface area contributed by atoms with Crippen LogP contribution in [0.2, 0.25) is 0 Å². The van der Waals surface area contributed by atoms with Crippen molar-refractivity contribution in [3.05, 3.63) is 0 Å². The van der Waals surface area contributed by atoms with Gasteiger partial charge in [-0.15, -0.1) is 0 Å². The summed E-state index contributed by atoms with van der Waals surface area (Å²) < 4.78 is 27.0. The standard InChI is InChI=1S/C11H25N3O4S/c1-4-14(5-2)9-6-8-12-19(17,18)13(3)10-7-11(15)16/h12H,4-10H2,1-3H3,(H,15,16). The predicted molar refractivity (Wildman–Crippen MR) is 74.2 cm³/mol. The van der Waals surface area contributed by atoms with Crippen molar-refractivity contribution in [3.8, 4) is 0 Å². The van der Waals surface area contributed by atoms with E-state index in [9.17, 15) is 13.2 Å². The summed E-state index contributed by atoms with van der Waals surface area (Å²) in [5.74, 6) is -1.01. The maximum atomic E-state index is 11.7. The van der Waals surface area contributed by atoms with Gasteiger partial charge in [-0.3, -0.25) is 4.79 Å². The van der Waals surface area contributed by atoms with Gasteiger partial charge in [-0.2, -0.15) is 12.7 Å². The summed E-state index contributed by atoms with van der Waals surface area (Å²) in [6.07, 6.45) is 0.532. The van der Waals surface area contributed by atoms with Crippen molar-refractivity contribution >= 4 is 16.2 Å². The summed E-state index contributed by atoms with van der Waals surface area (Å²) >= 11 is 0. The summed E-state index contributed by atoms with van der Waals surface area (Å²) in [6, 6.07) is 0. The molecule has 0 aliphatic heterocycles. The number of carboxylic acid groups (broad SMARTS) is 1. The number of carbonyl (C=O) groups is 1. The molecule has 0 spiro atoms. The van der Waals surface area contributed by atoms with Crippen molar-refractivity contribution in [2.45, 2.75) is 26.7 Å². The fourth-order valence-corrected chi connectivity index (χ4v) is 2.48. The Hall–Kier alpha value is -0.700. The number of rotatable bonds is 11. The Labute approximate surface area is 115 Å². The third kappa shape index (κ3) is 8.14. The number of nitrogens with one attached hydrogen (secondary N) is 1. The first-order chi connectivity index (χ1) is 8.83. The van der Waals surface area contributed by atoms with Crippen molar-refractivity contribution in [3.63, 3.8) is 0 Å². The van der Waals surface area contributed by atoms with Crippen molar-refractivity contribution in [2.24, 2.45) is 0 Å². The van der Waals surface area contributed by atoms with Crippen LogP contribution < -0.4 is 4.72 Å². The highest BCUT2D eigenvalue weighted by Crippen LogP contribution is 1.97. The first-order valence-electron chi connectivity index (χ1n) is 6.48. The van der Waals surface area contributed by atoms with Gasteiger partial charge in [-0.05, 0) is 26.1 Å². The van der Waals surface area contributed by atoms with E-state index in [1.165, 1.54) is 7.05 Å². The average Bonchev–Trinajstić information content (AvgIpc) is 2.36. The molecule has 0 bridgehead atoms. The van der Waals surface area contributed by atoms with Crippen LogP contribution in [-0.2, 0) is 15.0 Å². The molecule has 8 heteroatoms. The van der Waals surface area contributed by atoms with Crippen LogP contribution in [0.25, 0.3) is 0 Å². The molecule has 0 saturated heterocycles. The Morgan fingerprint density at radius 3 is 2.26 bits per heavy atom. The Kier molecular flexibility index (Phi) is 8.90. The lowest BCUT2D eigenvalue weighted by Gasteiger charge is -2.19. The number of carboxylic acids is 1. The molecule has 0 radical (unpaired) electrons. The van der Waals surface area contributed by atoms with Gasteiger partial charge in [0.25, 0.3) is 10.2 Å². The van der Waals surface area contributed by atoms with Crippen LogP contribution in [0, 0.1) is 0 Å². The van der Waals surface area contributed by atoms with E-state index in [-0.39, 0.29) is 13.0 Å². The van der Waals surface area contributed by atoms with E-state index in [4.69, 9.17) is 5.11 Å². The summed E-state index contributed by atoms with van der Waals surface area (Å²) in [7, 11) is -2.20. The Balaban J connectivity index is 3.99. The van der Waals surface area contributed by atoms with Gasteiger partial charge in [0.1, 0.15) is 0 Å². The second-order valence-corrected chi connectivity index (χ2v) is 6.11. The van der Waals surface area contributed by atoms with Gasteiger partial charge < -0.3 is 10.0 Å². The molecule has 0 amide bonds. The molecule has 0 aromatic rings. The number of hydrogen-bond acceptors (Lipinski definition) is 4. The van der Waals surface area contributed by atoms with Crippen LogP contribution in [0.5, 0.6) is 0 Å². The first kappa shape index (κ1) is 18.3. The molecule has 0 heterocycles. The van der Waals surface area contributed by atoms with E-state index in [0.717, 1.165) is 30.4 Å². The highest BCUT2D eigenvalue weighted by Gasteiger charge is 2.17. The van der Waals surface area contributed by atoms with Crippen LogP contribution in [0.3, 0.4) is 0 Å². The highest BCUT2D eigenvalue weighted by atomic mass is 32.2. The molecule has 0 rings (SSSR count). The number of aliphatic carboxylic acids is 1. The van der Waals surface area contributed by atoms with Crippen molar-refractivity contribution in [2.75, 3.05) is 39.8 Å².